The first kappa shape index (κ1) is 12.5. The largest absolute Gasteiger partial charge is 0.415 e. The van der Waals surface area contributed by atoms with E-state index in [1.807, 2.05) is 0 Å². The number of alkyl halides is 5. The molecule has 0 fully saturated rings. The van der Waals surface area contributed by atoms with E-state index in [0.717, 1.165) is 0 Å². The van der Waals surface area contributed by atoms with E-state index in [-0.39, 0.29) is 22.4 Å². The molecule has 0 spiro atoms. The van der Waals surface area contributed by atoms with Crippen molar-refractivity contribution in [2.75, 3.05) is 6.61 Å². The van der Waals surface area contributed by atoms with Crippen LogP contribution in [0, 0.1) is 0 Å². The zero-order valence-corrected chi connectivity index (χ0v) is 8.51. The Kier molecular flexibility index (Phi) is 6.35. The molecule has 0 aromatic heterocycles. The molecule has 0 saturated heterocycles. The van der Waals surface area contributed by atoms with Gasteiger partial charge in [0, 0.05) is 6.42 Å². The number of halogens is 5. The van der Waals surface area contributed by atoms with Crippen LogP contribution in [-0.4, -0.2) is 27.4 Å². The van der Waals surface area contributed by atoms with Crippen LogP contribution in [0.4, 0.5) is 13.2 Å². The lowest BCUT2D eigenvalue weighted by molar-refractivity contribution is -0.130. The van der Waals surface area contributed by atoms with Gasteiger partial charge in [-0.3, -0.25) is 0 Å². The van der Waals surface area contributed by atoms with Crippen LogP contribution in [0.5, 0.6) is 0 Å². The van der Waals surface area contributed by atoms with E-state index in [2.05, 4.69) is 0 Å². The topological polar surface area (TPSA) is 9.23 Å². The number of rotatable bonds is 5. The second kappa shape index (κ2) is 6.07. The van der Waals surface area contributed by atoms with Gasteiger partial charge in [0.25, 0.3) is 0 Å². The Hall–Kier alpha value is 0.547. The van der Waals surface area contributed by atoms with Gasteiger partial charge in [0.2, 0.25) is 9.76 Å². The molecule has 7 heteroatoms. The summed E-state index contributed by atoms with van der Waals surface area (Å²) in [5.41, 5.74) is 0. The van der Waals surface area contributed by atoms with Crippen molar-refractivity contribution in [3.8, 4) is 0 Å². The Morgan fingerprint density at radius 1 is 1.33 bits per heavy atom. The van der Waals surface area contributed by atoms with E-state index in [0.29, 0.717) is 0 Å². The second-order valence-corrected chi connectivity index (χ2v) is 4.32. The van der Waals surface area contributed by atoms with E-state index in [1.165, 1.54) is 0 Å². The lowest BCUT2D eigenvalue weighted by Crippen LogP contribution is -2.11. The molecule has 0 bridgehead atoms. The lowest BCUT2D eigenvalue weighted by Gasteiger charge is -2.05. The summed E-state index contributed by atoms with van der Waals surface area (Å²) < 4.78 is 39.4. The molecule has 0 aliphatic rings. The van der Waals surface area contributed by atoms with E-state index in [1.54, 1.807) is 0 Å². The molecule has 0 saturated carbocycles. The average Bonchev–Trinajstić information content (AvgIpc) is 1.83. The van der Waals surface area contributed by atoms with Gasteiger partial charge in [0.05, 0.1) is 6.61 Å². The summed E-state index contributed by atoms with van der Waals surface area (Å²) in [5, 5.41) is 0. The molecule has 0 N–H and O–H groups in total. The highest BCUT2D eigenvalue weighted by atomic mass is 35.5. The number of hydrogen-bond donors (Lipinski definition) is 0. The first-order valence-corrected chi connectivity index (χ1v) is 5.10. The second-order valence-electron chi connectivity index (χ2n) is 1.96. The molecule has 0 rings (SSSR count). The molecule has 0 aromatic carbocycles. The fourth-order valence-corrected chi connectivity index (χ4v) is 1.54. The van der Waals surface area contributed by atoms with E-state index < -0.39 is 17.4 Å². The standard InChI is InChI=1S/C5H7Cl2F3OSi/c6-4(7)3-11-12-2-1-5(8,9)10/h4H,1-3H2. The maximum atomic E-state index is 11.5. The molecule has 12 heavy (non-hydrogen) atoms. The third-order valence-corrected chi connectivity index (χ3v) is 1.90. The van der Waals surface area contributed by atoms with Crippen molar-refractivity contribution in [1.29, 1.82) is 0 Å². The van der Waals surface area contributed by atoms with Crippen molar-refractivity contribution < 1.29 is 17.6 Å². The van der Waals surface area contributed by atoms with Crippen LogP contribution in [-0.2, 0) is 4.43 Å². The third-order valence-electron chi connectivity index (χ3n) is 0.822. The quantitative estimate of drug-likeness (QED) is 0.407. The Morgan fingerprint density at radius 3 is 2.33 bits per heavy atom. The third kappa shape index (κ3) is 10.5. The summed E-state index contributed by atoms with van der Waals surface area (Å²) >= 11 is 10.5. The minimum absolute atomic E-state index is 0.0238. The molecule has 0 amide bonds. The number of hydrogen-bond acceptors (Lipinski definition) is 1. The summed E-state index contributed by atoms with van der Waals surface area (Å²) in [6.07, 6.45) is -4.92. The molecule has 0 aliphatic heterocycles. The fourth-order valence-electron chi connectivity index (χ4n) is 0.387. The highest BCUT2D eigenvalue weighted by molar-refractivity contribution is 6.44. The zero-order chi connectivity index (χ0) is 9.61. The summed E-state index contributed by atoms with van der Waals surface area (Å²) in [4.78, 5) is -0.664. The Morgan fingerprint density at radius 2 is 1.92 bits per heavy atom. The maximum Gasteiger partial charge on any atom is 0.388 e. The molecule has 0 aliphatic carbocycles. The predicted octanol–water partition coefficient (Wildman–Crippen LogP) is 2.80. The Labute approximate surface area is 81.1 Å². The van der Waals surface area contributed by atoms with Crippen LogP contribution in [0.3, 0.4) is 0 Å². The molecule has 1 nitrogen and oxygen atoms in total. The highest BCUT2D eigenvalue weighted by Crippen LogP contribution is 2.21. The average molecular weight is 239 g/mol. The van der Waals surface area contributed by atoms with Crippen LogP contribution in [0.2, 0.25) is 6.04 Å². The van der Waals surface area contributed by atoms with Gasteiger partial charge in [0.1, 0.15) is 4.84 Å². The van der Waals surface area contributed by atoms with Gasteiger partial charge in [0.15, 0.2) is 0 Å². The Bertz CT molecular complexity index is 120. The van der Waals surface area contributed by atoms with Crippen LogP contribution >= 0.6 is 23.2 Å². The summed E-state index contributed by atoms with van der Waals surface area (Å²) in [6, 6.07) is -0.0238. The van der Waals surface area contributed by atoms with Gasteiger partial charge in [-0.05, 0) is 6.04 Å². The molecule has 2 radical (unpaired) electrons. The van der Waals surface area contributed by atoms with Gasteiger partial charge in [-0.2, -0.15) is 13.2 Å². The molecule has 0 aromatic rings. The molecular weight excluding hydrogens is 232 g/mol. The van der Waals surface area contributed by atoms with Crippen LogP contribution in [0.1, 0.15) is 6.42 Å². The van der Waals surface area contributed by atoms with Crippen LogP contribution in [0.15, 0.2) is 0 Å². The van der Waals surface area contributed by atoms with Crippen molar-refractivity contribution >= 4 is 33.0 Å². The molecule has 0 heterocycles. The van der Waals surface area contributed by atoms with Gasteiger partial charge in [-0.1, -0.05) is 0 Å². The first-order valence-electron chi connectivity index (χ1n) is 3.11. The zero-order valence-electron chi connectivity index (χ0n) is 6.00. The summed E-state index contributed by atoms with van der Waals surface area (Å²) in [7, 11) is -0.190. The van der Waals surface area contributed by atoms with E-state index in [9.17, 15) is 13.2 Å². The smallest absolute Gasteiger partial charge is 0.388 e. The van der Waals surface area contributed by atoms with Crippen LogP contribution in [0.25, 0.3) is 0 Å². The van der Waals surface area contributed by atoms with Crippen molar-refractivity contribution in [1.82, 2.24) is 0 Å². The molecule has 72 valence electrons. The normalized spacial score (nSPS) is 12.5. The SMILES string of the molecule is FC(F)(F)CC[Si]OCC(Cl)Cl. The molecule has 0 unspecified atom stereocenters. The van der Waals surface area contributed by atoms with Crippen molar-refractivity contribution in [3.63, 3.8) is 0 Å². The van der Waals surface area contributed by atoms with Gasteiger partial charge < -0.3 is 4.43 Å². The van der Waals surface area contributed by atoms with Crippen molar-refractivity contribution in [3.05, 3.63) is 0 Å². The summed E-state index contributed by atoms with van der Waals surface area (Å²) in [6.45, 7) is 0.0828. The highest BCUT2D eigenvalue weighted by Gasteiger charge is 2.26. The van der Waals surface area contributed by atoms with Gasteiger partial charge in [-0.25, -0.2) is 0 Å². The van der Waals surface area contributed by atoms with Crippen molar-refractivity contribution in [2.24, 2.45) is 0 Å². The summed E-state index contributed by atoms with van der Waals surface area (Å²) in [5.74, 6) is 0. The lowest BCUT2D eigenvalue weighted by atomic mass is 10.5. The Balaban J connectivity index is 3.12. The maximum absolute atomic E-state index is 11.5. The molecular formula is C5H7Cl2F3OSi. The van der Waals surface area contributed by atoms with Crippen molar-refractivity contribution in [2.45, 2.75) is 23.5 Å². The van der Waals surface area contributed by atoms with E-state index in [4.69, 9.17) is 27.6 Å². The van der Waals surface area contributed by atoms with E-state index >= 15 is 0 Å². The minimum Gasteiger partial charge on any atom is -0.415 e. The van der Waals surface area contributed by atoms with Gasteiger partial charge >= 0.3 is 6.18 Å². The van der Waals surface area contributed by atoms with Gasteiger partial charge in [-0.15, -0.1) is 23.2 Å². The predicted molar refractivity (Wildman–Crippen MR) is 42.7 cm³/mol. The fraction of sp³-hybridized carbons (Fsp3) is 1.00. The van der Waals surface area contributed by atoms with Crippen LogP contribution < -0.4 is 0 Å². The monoisotopic (exact) mass is 238 g/mol. The first-order chi connectivity index (χ1) is 5.42. The molecule has 0 atom stereocenters. The minimum atomic E-state index is -4.10.